The third-order valence-corrected chi connectivity index (χ3v) is 6.42. The molecule has 0 saturated heterocycles. The van der Waals surface area contributed by atoms with Crippen LogP contribution in [0.1, 0.15) is 36.2 Å². The van der Waals surface area contributed by atoms with Crippen molar-refractivity contribution in [3.63, 3.8) is 0 Å². The lowest BCUT2D eigenvalue weighted by molar-refractivity contribution is -0.142. The van der Waals surface area contributed by atoms with Crippen molar-refractivity contribution < 1.29 is 24.3 Å². The highest BCUT2D eigenvalue weighted by molar-refractivity contribution is 5.94. The standard InChI is InChI=1S/C27H37N9O5/c28-9-5-4-8-21(27(40)41)34-25(38)23(12-19-14-31-16-33-19)36-26(39)22(11-18-13-30-15-32-18)35-24(37)20(29)10-17-6-2-1-3-7-17/h1-3,6-7,13-16,20-23H,4-5,8-12,28-29H2,(H,30,32)(H,31,33)(H,34,38)(H,35,37)(H,36,39)(H,40,41). The van der Waals surface area contributed by atoms with Gasteiger partial charge in [-0.2, -0.15) is 0 Å². The molecule has 0 spiro atoms. The number of nitrogens with two attached hydrogens (primary N) is 2. The van der Waals surface area contributed by atoms with Crippen molar-refractivity contribution in [2.45, 2.75) is 62.7 Å². The summed E-state index contributed by atoms with van der Waals surface area (Å²) in [4.78, 5) is 65.2. The molecule has 0 saturated carbocycles. The first kappa shape index (κ1) is 31.0. The molecule has 0 radical (unpaired) electrons. The van der Waals surface area contributed by atoms with Gasteiger partial charge in [0.15, 0.2) is 0 Å². The predicted molar refractivity (Wildman–Crippen MR) is 149 cm³/mol. The molecule has 4 atom stereocenters. The molecule has 1 aromatic carbocycles. The smallest absolute Gasteiger partial charge is 0.326 e. The molecule has 0 fully saturated rings. The minimum atomic E-state index is -1.20. The number of H-pyrrole nitrogens is 2. The van der Waals surface area contributed by atoms with Gasteiger partial charge in [-0.1, -0.05) is 30.3 Å². The van der Waals surface area contributed by atoms with Crippen LogP contribution in [0.4, 0.5) is 0 Å². The number of carbonyl (C=O) groups excluding carboxylic acids is 3. The molecule has 10 N–H and O–H groups in total. The van der Waals surface area contributed by atoms with E-state index in [0.717, 1.165) is 5.56 Å². The van der Waals surface area contributed by atoms with Gasteiger partial charge in [0.2, 0.25) is 17.7 Å². The summed E-state index contributed by atoms with van der Waals surface area (Å²) in [6, 6.07) is 4.87. The molecule has 3 rings (SSSR count). The Balaban J connectivity index is 1.75. The van der Waals surface area contributed by atoms with E-state index < -0.39 is 47.9 Å². The van der Waals surface area contributed by atoms with Crippen molar-refractivity contribution in [1.29, 1.82) is 0 Å². The van der Waals surface area contributed by atoms with Gasteiger partial charge in [0, 0.05) is 36.6 Å². The zero-order chi connectivity index (χ0) is 29.6. The highest BCUT2D eigenvalue weighted by atomic mass is 16.4. The summed E-state index contributed by atoms with van der Waals surface area (Å²) in [5.41, 5.74) is 13.6. The number of aromatic nitrogens is 4. The van der Waals surface area contributed by atoms with Gasteiger partial charge in [0.25, 0.3) is 0 Å². The summed E-state index contributed by atoms with van der Waals surface area (Å²) in [5, 5.41) is 17.5. The SMILES string of the molecule is NCCCCC(NC(=O)C(Cc1cnc[nH]1)NC(=O)C(Cc1cnc[nH]1)NC(=O)C(N)Cc1ccccc1)C(=O)O. The fourth-order valence-electron chi connectivity index (χ4n) is 4.19. The Morgan fingerprint density at radius 3 is 1.80 bits per heavy atom. The Morgan fingerprint density at radius 2 is 1.32 bits per heavy atom. The second-order valence-electron chi connectivity index (χ2n) is 9.66. The van der Waals surface area contributed by atoms with Crippen molar-refractivity contribution in [2.24, 2.45) is 11.5 Å². The highest BCUT2D eigenvalue weighted by Crippen LogP contribution is 2.07. The number of nitrogens with zero attached hydrogens (tertiary/aromatic N) is 2. The van der Waals surface area contributed by atoms with Gasteiger partial charge >= 0.3 is 5.97 Å². The number of aromatic amines is 2. The number of carboxylic acids is 1. The Kier molecular flexibility index (Phi) is 12.0. The van der Waals surface area contributed by atoms with E-state index >= 15 is 0 Å². The average molecular weight is 568 g/mol. The molecule has 3 amide bonds. The lowest BCUT2D eigenvalue weighted by atomic mass is 10.0. The van der Waals surface area contributed by atoms with Crippen LogP contribution in [-0.4, -0.2) is 79.4 Å². The number of unbranched alkanes of at least 4 members (excludes halogenated alkanes) is 1. The van der Waals surface area contributed by atoms with Crippen LogP contribution in [-0.2, 0) is 38.4 Å². The molecule has 41 heavy (non-hydrogen) atoms. The first-order chi connectivity index (χ1) is 19.8. The quantitative estimate of drug-likeness (QED) is 0.0948. The van der Waals surface area contributed by atoms with E-state index in [0.29, 0.717) is 30.8 Å². The van der Waals surface area contributed by atoms with E-state index in [1.54, 1.807) is 0 Å². The number of rotatable bonds is 17. The van der Waals surface area contributed by atoms with Crippen LogP contribution >= 0.6 is 0 Å². The van der Waals surface area contributed by atoms with Crippen molar-refractivity contribution in [2.75, 3.05) is 6.54 Å². The molecular weight excluding hydrogens is 530 g/mol. The number of imidazole rings is 2. The number of hydrogen-bond donors (Lipinski definition) is 8. The monoisotopic (exact) mass is 567 g/mol. The summed E-state index contributed by atoms with van der Waals surface area (Å²) in [5.74, 6) is -3.09. The predicted octanol–water partition coefficient (Wildman–Crippen LogP) is -0.844. The molecular formula is C27H37N9O5. The molecule has 220 valence electrons. The molecule has 0 aliphatic heterocycles. The number of aliphatic carboxylic acids is 1. The van der Waals surface area contributed by atoms with Crippen LogP contribution in [0.25, 0.3) is 0 Å². The largest absolute Gasteiger partial charge is 0.480 e. The fourth-order valence-corrected chi connectivity index (χ4v) is 4.19. The summed E-state index contributed by atoms with van der Waals surface area (Å²) < 4.78 is 0. The van der Waals surface area contributed by atoms with E-state index in [2.05, 4.69) is 35.9 Å². The number of amides is 3. The zero-order valence-corrected chi connectivity index (χ0v) is 22.6. The van der Waals surface area contributed by atoms with E-state index in [4.69, 9.17) is 11.5 Å². The average Bonchev–Trinajstić information content (AvgIpc) is 3.67. The molecule has 3 aromatic rings. The Morgan fingerprint density at radius 1 is 0.780 bits per heavy atom. The molecule has 4 unspecified atom stereocenters. The van der Waals surface area contributed by atoms with Crippen LogP contribution in [0.5, 0.6) is 0 Å². The Bertz CT molecular complexity index is 1240. The van der Waals surface area contributed by atoms with Crippen molar-refractivity contribution in [3.05, 3.63) is 72.3 Å². The summed E-state index contributed by atoms with van der Waals surface area (Å²) >= 11 is 0. The molecule has 14 heteroatoms. The van der Waals surface area contributed by atoms with Crippen LogP contribution in [0.15, 0.2) is 55.4 Å². The third kappa shape index (κ3) is 10.2. The molecule has 14 nitrogen and oxygen atoms in total. The normalized spacial score (nSPS) is 13.9. The minimum absolute atomic E-state index is 0.00492. The Labute approximate surface area is 237 Å². The summed E-state index contributed by atoms with van der Waals surface area (Å²) in [6.45, 7) is 0.400. The first-order valence-electron chi connectivity index (χ1n) is 13.3. The van der Waals surface area contributed by atoms with Gasteiger partial charge in [0.1, 0.15) is 18.1 Å². The number of hydrogen-bond acceptors (Lipinski definition) is 8. The molecule has 2 heterocycles. The number of carbonyl (C=O) groups is 4. The maximum atomic E-state index is 13.5. The van der Waals surface area contributed by atoms with Crippen molar-refractivity contribution in [1.82, 2.24) is 35.9 Å². The van der Waals surface area contributed by atoms with Crippen LogP contribution < -0.4 is 27.4 Å². The van der Waals surface area contributed by atoms with E-state index in [1.165, 1.54) is 25.0 Å². The number of benzene rings is 1. The molecule has 0 aliphatic rings. The van der Waals surface area contributed by atoms with E-state index in [-0.39, 0.29) is 25.7 Å². The molecule has 0 aliphatic carbocycles. The fraction of sp³-hybridized carbons (Fsp3) is 0.407. The summed E-state index contributed by atoms with van der Waals surface area (Å²) in [6.07, 6.45) is 7.49. The second-order valence-corrected chi connectivity index (χ2v) is 9.66. The zero-order valence-electron chi connectivity index (χ0n) is 22.6. The first-order valence-corrected chi connectivity index (χ1v) is 13.3. The Hall–Kier alpha value is -4.56. The maximum absolute atomic E-state index is 13.5. The molecule has 0 bridgehead atoms. The van der Waals surface area contributed by atoms with Gasteiger partial charge in [-0.05, 0) is 37.8 Å². The van der Waals surface area contributed by atoms with Crippen molar-refractivity contribution in [3.8, 4) is 0 Å². The lowest BCUT2D eigenvalue weighted by Crippen LogP contribution is -2.58. The van der Waals surface area contributed by atoms with Gasteiger partial charge in [-0.15, -0.1) is 0 Å². The van der Waals surface area contributed by atoms with Gasteiger partial charge in [-0.25, -0.2) is 14.8 Å². The van der Waals surface area contributed by atoms with Gasteiger partial charge < -0.3 is 42.5 Å². The van der Waals surface area contributed by atoms with Crippen LogP contribution in [0, 0.1) is 0 Å². The lowest BCUT2D eigenvalue weighted by Gasteiger charge is -2.25. The van der Waals surface area contributed by atoms with Gasteiger partial charge in [-0.3, -0.25) is 14.4 Å². The van der Waals surface area contributed by atoms with Gasteiger partial charge in [0.05, 0.1) is 18.7 Å². The second kappa shape index (κ2) is 15.9. The number of carboxylic acid groups (broad SMARTS) is 1. The van der Waals surface area contributed by atoms with Crippen LogP contribution in [0.2, 0.25) is 0 Å². The number of nitrogens with one attached hydrogen (secondary N) is 5. The topological polar surface area (TPSA) is 234 Å². The van der Waals surface area contributed by atoms with E-state index in [9.17, 15) is 24.3 Å². The highest BCUT2D eigenvalue weighted by Gasteiger charge is 2.31. The van der Waals surface area contributed by atoms with Crippen LogP contribution in [0.3, 0.4) is 0 Å². The molecule has 2 aromatic heterocycles. The van der Waals surface area contributed by atoms with Crippen molar-refractivity contribution >= 4 is 23.7 Å². The summed E-state index contributed by atoms with van der Waals surface area (Å²) in [7, 11) is 0. The third-order valence-electron chi connectivity index (χ3n) is 6.42. The van der Waals surface area contributed by atoms with E-state index in [1.807, 2.05) is 30.3 Å². The maximum Gasteiger partial charge on any atom is 0.326 e. The minimum Gasteiger partial charge on any atom is -0.480 e.